The van der Waals surface area contributed by atoms with Gasteiger partial charge in [-0.2, -0.15) is 0 Å². The fourth-order valence-corrected chi connectivity index (χ4v) is 10.2. The van der Waals surface area contributed by atoms with E-state index in [9.17, 15) is 24.3 Å². The molecule has 12 heteroatoms. The summed E-state index contributed by atoms with van der Waals surface area (Å²) in [5.41, 5.74) is 5.11. The van der Waals surface area contributed by atoms with E-state index in [-0.39, 0.29) is 41.0 Å². The Hall–Kier alpha value is -6.50. The number of ketones is 1. The van der Waals surface area contributed by atoms with Crippen LogP contribution in [0.2, 0.25) is 0 Å². The molecule has 4 atom stereocenters. The second kappa shape index (κ2) is 13.5. The van der Waals surface area contributed by atoms with Gasteiger partial charge in [0.2, 0.25) is 17.6 Å². The number of aryl methyl sites for hydroxylation is 1. The van der Waals surface area contributed by atoms with Crippen LogP contribution in [0.3, 0.4) is 0 Å². The van der Waals surface area contributed by atoms with Gasteiger partial charge in [-0.05, 0) is 89.3 Å². The van der Waals surface area contributed by atoms with Gasteiger partial charge in [0.05, 0.1) is 45.4 Å². The first-order valence-corrected chi connectivity index (χ1v) is 20.3. The number of fused-ring (bicyclic) bond motifs is 10. The largest absolute Gasteiger partial charge is 0.494 e. The van der Waals surface area contributed by atoms with E-state index in [0.717, 1.165) is 22.0 Å². The lowest BCUT2D eigenvalue weighted by atomic mass is 9.75. The zero-order valence-corrected chi connectivity index (χ0v) is 33.8. The number of nitrogens with zero attached hydrogens (tertiary/aromatic N) is 4. The number of hydrogen-bond acceptors (Lipinski definition) is 8. The molecule has 5 aromatic carbocycles. The number of para-hydroxylation sites is 4. The molecule has 6 heterocycles. The van der Waals surface area contributed by atoms with Crippen molar-refractivity contribution in [2.45, 2.75) is 38.8 Å². The van der Waals surface area contributed by atoms with Crippen molar-refractivity contribution in [3.8, 4) is 11.6 Å². The number of aromatic hydroxyl groups is 1. The van der Waals surface area contributed by atoms with Crippen LogP contribution < -0.4 is 15.8 Å². The number of halogens is 1. The molecule has 11 nitrogen and oxygen atoms in total. The molecule has 4 aliphatic rings. The van der Waals surface area contributed by atoms with Gasteiger partial charge in [-0.1, -0.05) is 80.6 Å². The summed E-state index contributed by atoms with van der Waals surface area (Å²) in [7, 11) is 0. The van der Waals surface area contributed by atoms with Crippen LogP contribution in [-0.2, 0) is 15.1 Å². The summed E-state index contributed by atoms with van der Waals surface area (Å²) in [6.45, 7) is 6.20. The number of aliphatic imine (C=N–C) groups is 1. The number of H-pyrrole nitrogens is 1. The van der Waals surface area contributed by atoms with Gasteiger partial charge in [-0.25, -0.2) is 14.9 Å². The Bertz CT molecular complexity index is 3060. The minimum Gasteiger partial charge on any atom is -0.494 e. The van der Waals surface area contributed by atoms with Crippen molar-refractivity contribution in [3.63, 3.8) is 0 Å². The van der Waals surface area contributed by atoms with Crippen molar-refractivity contribution in [1.29, 1.82) is 0 Å². The van der Waals surface area contributed by atoms with Gasteiger partial charge in [-0.3, -0.25) is 29.1 Å². The maximum absolute atomic E-state index is 14.5. The van der Waals surface area contributed by atoms with E-state index in [1.807, 2.05) is 104 Å². The fourth-order valence-electron chi connectivity index (χ4n) is 9.56. The third kappa shape index (κ3) is 5.36. The molecule has 2 fully saturated rings. The molecular formula is C47H37BrN6O5. The van der Waals surface area contributed by atoms with Gasteiger partial charge in [0.15, 0.2) is 5.88 Å². The number of benzene rings is 5. The molecule has 2 aromatic heterocycles. The van der Waals surface area contributed by atoms with Crippen LogP contribution in [0.25, 0.3) is 27.5 Å². The molecule has 7 aromatic rings. The van der Waals surface area contributed by atoms with Crippen molar-refractivity contribution in [2.24, 2.45) is 22.7 Å². The molecule has 2 unspecified atom stereocenters. The van der Waals surface area contributed by atoms with E-state index < -0.39 is 17.4 Å². The summed E-state index contributed by atoms with van der Waals surface area (Å²) in [5.74, 6) is -1.28. The first kappa shape index (κ1) is 36.8. The van der Waals surface area contributed by atoms with Gasteiger partial charge in [-0.15, -0.1) is 0 Å². The normalized spacial score (nSPS) is 21.2. The average Bonchev–Trinajstić information content (AvgIpc) is 3.98. The first-order chi connectivity index (χ1) is 28.5. The molecule has 0 radical (unpaired) electrons. The molecule has 0 saturated carbocycles. The van der Waals surface area contributed by atoms with Gasteiger partial charge in [0, 0.05) is 32.5 Å². The van der Waals surface area contributed by atoms with E-state index in [1.54, 1.807) is 22.8 Å². The van der Waals surface area contributed by atoms with Crippen LogP contribution in [0.4, 0.5) is 11.4 Å². The van der Waals surface area contributed by atoms with Gasteiger partial charge < -0.3 is 10.1 Å². The van der Waals surface area contributed by atoms with Gasteiger partial charge in [0.1, 0.15) is 17.1 Å². The molecule has 2 saturated heterocycles. The van der Waals surface area contributed by atoms with Crippen molar-refractivity contribution >= 4 is 72.4 Å². The summed E-state index contributed by atoms with van der Waals surface area (Å²) < 4.78 is 2.33. The average molecular weight is 846 g/mol. The summed E-state index contributed by atoms with van der Waals surface area (Å²) in [5, 5.41) is 15.2. The Kier molecular flexibility index (Phi) is 8.45. The lowest BCUT2D eigenvalue weighted by molar-refractivity contribution is -0.123. The number of rotatable bonds is 4. The third-order valence-electron chi connectivity index (χ3n) is 12.0. The molecule has 4 aliphatic heterocycles. The summed E-state index contributed by atoms with van der Waals surface area (Å²) >= 11 is 3.59. The summed E-state index contributed by atoms with van der Waals surface area (Å²) in [6.07, 6.45) is 0.699. The predicted octanol–water partition coefficient (Wildman–Crippen LogP) is 8.03. The minimum atomic E-state index is -1.12. The highest BCUT2D eigenvalue weighted by atomic mass is 79.9. The lowest BCUT2D eigenvalue weighted by Gasteiger charge is -2.32. The van der Waals surface area contributed by atoms with Crippen LogP contribution >= 0.6 is 15.9 Å². The number of carbonyl (C=O) groups is 3. The highest BCUT2D eigenvalue weighted by Gasteiger charge is 2.69. The van der Waals surface area contributed by atoms with E-state index in [2.05, 4.69) is 45.1 Å². The molecule has 292 valence electrons. The minimum absolute atomic E-state index is 0.0221. The number of hydrogen-bond donors (Lipinski definition) is 3. The van der Waals surface area contributed by atoms with Crippen LogP contribution in [0.15, 0.2) is 130 Å². The van der Waals surface area contributed by atoms with Crippen LogP contribution in [0.5, 0.6) is 5.88 Å². The van der Waals surface area contributed by atoms with Crippen molar-refractivity contribution in [1.82, 2.24) is 19.9 Å². The highest BCUT2D eigenvalue weighted by Crippen LogP contribution is 2.56. The van der Waals surface area contributed by atoms with Gasteiger partial charge >= 0.3 is 0 Å². The number of aromatic amines is 1. The Balaban J connectivity index is 0.000000176. The number of imide groups is 1. The number of anilines is 1. The maximum atomic E-state index is 14.5. The Morgan fingerprint density at radius 2 is 1.54 bits per heavy atom. The van der Waals surface area contributed by atoms with Crippen molar-refractivity contribution in [3.05, 3.63) is 158 Å². The quantitative estimate of drug-likeness (QED) is 0.152. The molecule has 59 heavy (non-hydrogen) atoms. The summed E-state index contributed by atoms with van der Waals surface area (Å²) in [4.78, 5) is 68.7. The van der Waals surface area contributed by atoms with Crippen molar-refractivity contribution in [2.75, 3.05) is 4.90 Å². The van der Waals surface area contributed by atoms with E-state index in [0.29, 0.717) is 61.5 Å². The van der Waals surface area contributed by atoms with Crippen LogP contribution in [0.1, 0.15) is 53.1 Å². The monoisotopic (exact) mass is 844 g/mol. The zero-order valence-electron chi connectivity index (χ0n) is 32.2. The number of amides is 2. The highest BCUT2D eigenvalue weighted by molar-refractivity contribution is 9.10. The van der Waals surface area contributed by atoms with Gasteiger partial charge in [0.25, 0.3) is 5.56 Å². The maximum Gasteiger partial charge on any atom is 0.266 e. The second-order valence-corrected chi connectivity index (χ2v) is 16.8. The molecule has 1 spiro atoms. The molecular weight excluding hydrogens is 808 g/mol. The predicted molar refractivity (Wildman–Crippen MR) is 230 cm³/mol. The SMILES string of the molecule is Cc1ccc(N2C(=O)[C@H]3C(CC(C)C)NC4(c5ccccc5-n5c4nc4ccccc4c5=O)[C@H]3C2=O)c(Br)c1.O=C1C(c2c(O)[nH]c3ccccc23)=Nc2ccccc21. The Labute approximate surface area is 346 Å². The zero-order chi connectivity index (χ0) is 40.9. The van der Waals surface area contributed by atoms with Crippen LogP contribution in [0, 0.1) is 24.7 Å². The third-order valence-corrected chi connectivity index (χ3v) is 12.6. The van der Waals surface area contributed by atoms with E-state index in [1.165, 1.54) is 4.90 Å². The molecule has 3 N–H and O–H groups in total. The smallest absolute Gasteiger partial charge is 0.266 e. The Morgan fingerprint density at radius 3 is 2.32 bits per heavy atom. The first-order valence-electron chi connectivity index (χ1n) is 19.6. The molecule has 2 amide bonds. The van der Waals surface area contributed by atoms with E-state index >= 15 is 0 Å². The molecule has 11 rings (SSSR count). The molecule has 0 bridgehead atoms. The number of aromatic nitrogens is 3. The van der Waals surface area contributed by atoms with E-state index in [4.69, 9.17) is 4.98 Å². The number of Topliss-reactive ketones (excluding diaryl/α,β-unsaturated/α-hetero) is 1. The number of carbonyl (C=O) groups excluding carboxylic acids is 3. The number of nitrogens with one attached hydrogen (secondary N) is 2. The summed E-state index contributed by atoms with van der Waals surface area (Å²) in [6, 6.07) is 35.0. The molecule has 0 aliphatic carbocycles. The second-order valence-electron chi connectivity index (χ2n) is 16.0. The lowest BCUT2D eigenvalue weighted by Crippen LogP contribution is -2.50. The van der Waals surface area contributed by atoms with Crippen LogP contribution in [-0.4, -0.2) is 49.0 Å². The topological polar surface area (TPSA) is 150 Å². The Morgan fingerprint density at radius 1 is 0.831 bits per heavy atom. The fraction of sp³-hybridized carbons (Fsp3) is 0.191. The van der Waals surface area contributed by atoms with Crippen molar-refractivity contribution < 1.29 is 19.5 Å². The standard InChI is InChI=1S/C31H27BrN4O3.C16H10N2O2/c1-16(2)14-22-25-26(29(39)35(28(25)38)24-13-12-17(3)15-20(24)32)31(34-22)19-9-5-7-11-23(19)36-27(37)18-8-4-6-10-21(18)33-30(31)36;19-15-10-6-2-4-8-12(10)17-14(15)13-9-5-1-3-7-11(9)18-16(13)20/h4-13,15-16,22,25-26,34H,14H2,1-3H3;1-8,18,20H/t22?,25-,26+,31?;/m0./s1.